The summed E-state index contributed by atoms with van der Waals surface area (Å²) in [5.74, 6) is 0. The van der Waals surface area contributed by atoms with E-state index in [2.05, 4.69) is 0 Å². The molecule has 2 unspecified atom stereocenters. The molecule has 4 heteroatoms. The minimum Gasteiger partial charge on any atom is -0.383 e. The first-order chi connectivity index (χ1) is 4.76. The van der Waals surface area contributed by atoms with Gasteiger partial charge in [-0.3, -0.25) is 0 Å². The van der Waals surface area contributed by atoms with Gasteiger partial charge in [0.2, 0.25) is 0 Å². The van der Waals surface area contributed by atoms with Crippen molar-refractivity contribution < 1.29 is 9.47 Å². The van der Waals surface area contributed by atoms with Crippen molar-refractivity contribution in [2.24, 2.45) is 5.73 Å². The van der Waals surface area contributed by atoms with Gasteiger partial charge in [0, 0.05) is 14.2 Å². The highest BCUT2D eigenvalue weighted by atomic mass is 16.5. The summed E-state index contributed by atoms with van der Waals surface area (Å²) in [6.07, 6.45) is -0.569. The van der Waals surface area contributed by atoms with Gasteiger partial charge in [0.05, 0.1) is 18.7 Å². The highest BCUT2D eigenvalue weighted by Crippen LogP contribution is 1.93. The molecule has 0 saturated carbocycles. The van der Waals surface area contributed by atoms with Gasteiger partial charge in [0.15, 0.2) is 6.10 Å². The maximum Gasteiger partial charge on any atom is 0.160 e. The van der Waals surface area contributed by atoms with Crippen molar-refractivity contribution in [3.63, 3.8) is 0 Å². The molecule has 0 amide bonds. The molecule has 0 aromatic rings. The lowest BCUT2D eigenvalue weighted by Crippen LogP contribution is -2.38. The van der Waals surface area contributed by atoms with Crippen LogP contribution in [0.4, 0.5) is 0 Å². The van der Waals surface area contributed by atoms with Gasteiger partial charge in [0.1, 0.15) is 0 Å². The molecule has 0 aromatic heterocycles. The van der Waals surface area contributed by atoms with E-state index < -0.39 is 6.10 Å². The standard InChI is InChI=1S/C6H12N2O2/c1-9-4-5(8)6(3-7)10-2/h5-6H,4,8H2,1-2H3. The van der Waals surface area contributed by atoms with Gasteiger partial charge in [0.25, 0.3) is 0 Å². The molecule has 0 rings (SSSR count). The zero-order valence-corrected chi connectivity index (χ0v) is 6.20. The van der Waals surface area contributed by atoms with Crippen LogP contribution in [0.15, 0.2) is 0 Å². The largest absolute Gasteiger partial charge is 0.383 e. The zero-order chi connectivity index (χ0) is 7.98. The van der Waals surface area contributed by atoms with Crippen molar-refractivity contribution in [1.29, 1.82) is 5.26 Å². The average Bonchev–Trinajstić information content (AvgIpc) is 1.91. The first-order valence-corrected chi connectivity index (χ1v) is 2.93. The molecular weight excluding hydrogens is 132 g/mol. The van der Waals surface area contributed by atoms with Crippen LogP contribution in [-0.4, -0.2) is 33.0 Å². The molecule has 0 bridgehead atoms. The molecule has 0 aliphatic heterocycles. The molecule has 0 radical (unpaired) electrons. The number of hydrogen-bond donors (Lipinski definition) is 1. The SMILES string of the molecule is COCC(N)C(C#N)OC. The quantitative estimate of drug-likeness (QED) is 0.577. The molecule has 0 heterocycles. The Morgan fingerprint density at radius 2 is 2.20 bits per heavy atom. The second-order valence-electron chi connectivity index (χ2n) is 1.90. The molecule has 0 aliphatic carbocycles. The summed E-state index contributed by atoms with van der Waals surface area (Å²) in [6, 6.07) is 1.55. The third-order valence-corrected chi connectivity index (χ3v) is 1.13. The van der Waals surface area contributed by atoms with Gasteiger partial charge < -0.3 is 15.2 Å². The monoisotopic (exact) mass is 144 g/mol. The van der Waals surface area contributed by atoms with E-state index in [4.69, 9.17) is 20.5 Å². The smallest absolute Gasteiger partial charge is 0.160 e. The molecule has 10 heavy (non-hydrogen) atoms. The van der Waals surface area contributed by atoms with E-state index in [1.807, 2.05) is 6.07 Å². The molecule has 0 aliphatic rings. The predicted molar refractivity (Wildman–Crippen MR) is 36.3 cm³/mol. The summed E-state index contributed by atoms with van der Waals surface area (Å²) in [7, 11) is 2.98. The number of ether oxygens (including phenoxy) is 2. The van der Waals surface area contributed by atoms with Crippen LogP contribution < -0.4 is 5.73 Å². The number of nitriles is 1. The second kappa shape index (κ2) is 5.18. The van der Waals surface area contributed by atoms with Gasteiger partial charge >= 0.3 is 0 Å². The molecule has 0 fully saturated rings. The molecule has 2 N–H and O–H groups in total. The van der Waals surface area contributed by atoms with Crippen molar-refractivity contribution in [2.45, 2.75) is 12.1 Å². The fourth-order valence-electron chi connectivity index (χ4n) is 0.603. The van der Waals surface area contributed by atoms with Crippen molar-refractivity contribution in [3.05, 3.63) is 0 Å². The number of hydrogen-bond acceptors (Lipinski definition) is 4. The van der Waals surface area contributed by atoms with E-state index in [1.54, 1.807) is 0 Å². The van der Waals surface area contributed by atoms with Crippen LogP contribution in [0.25, 0.3) is 0 Å². The average molecular weight is 144 g/mol. The van der Waals surface area contributed by atoms with E-state index in [0.29, 0.717) is 6.61 Å². The van der Waals surface area contributed by atoms with Gasteiger partial charge in [-0.15, -0.1) is 0 Å². The molecule has 0 spiro atoms. The summed E-state index contributed by atoms with van der Waals surface area (Å²) in [5.41, 5.74) is 5.48. The van der Waals surface area contributed by atoms with Crippen molar-refractivity contribution in [2.75, 3.05) is 20.8 Å². The lowest BCUT2D eigenvalue weighted by Gasteiger charge is -2.14. The maximum atomic E-state index is 8.41. The predicted octanol–water partition coefficient (Wildman–Crippen LogP) is -0.501. The van der Waals surface area contributed by atoms with Crippen LogP contribution in [-0.2, 0) is 9.47 Å². The molecule has 4 nitrogen and oxygen atoms in total. The van der Waals surface area contributed by atoms with E-state index in [0.717, 1.165) is 0 Å². The number of methoxy groups -OCH3 is 2. The van der Waals surface area contributed by atoms with Gasteiger partial charge in [-0.05, 0) is 0 Å². The van der Waals surface area contributed by atoms with Crippen molar-refractivity contribution in [3.8, 4) is 6.07 Å². The second-order valence-corrected chi connectivity index (χ2v) is 1.90. The minimum atomic E-state index is -0.569. The zero-order valence-electron chi connectivity index (χ0n) is 6.20. The van der Waals surface area contributed by atoms with Gasteiger partial charge in [-0.2, -0.15) is 5.26 Å². The Hall–Kier alpha value is -0.630. The van der Waals surface area contributed by atoms with Crippen LogP contribution in [0, 0.1) is 11.3 Å². The number of rotatable bonds is 4. The van der Waals surface area contributed by atoms with E-state index >= 15 is 0 Å². The highest BCUT2D eigenvalue weighted by molar-refractivity contribution is 4.91. The third-order valence-electron chi connectivity index (χ3n) is 1.13. The normalized spacial score (nSPS) is 15.8. The topological polar surface area (TPSA) is 68.3 Å². The third kappa shape index (κ3) is 2.78. The van der Waals surface area contributed by atoms with Crippen LogP contribution in [0.1, 0.15) is 0 Å². The summed E-state index contributed by atoms with van der Waals surface area (Å²) in [4.78, 5) is 0. The lowest BCUT2D eigenvalue weighted by atomic mass is 10.2. The Balaban J connectivity index is 3.67. The summed E-state index contributed by atoms with van der Waals surface area (Å²) >= 11 is 0. The van der Waals surface area contributed by atoms with Crippen LogP contribution in [0.3, 0.4) is 0 Å². The minimum absolute atomic E-state index is 0.339. The van der Waals surface area contributed by atoms with Crippen LogP contribution in [0.5, 0.6) is 0 Å². The molecular formula is C6H12N2O2. The lowest BCUT2D eigenvalue weighted by molar-refractivity contribution is 0.0813. The highest BCUT2D eigenvalue weighted by Gasteiger charge is 2.15. The molecule has 0 aromatic carbocycles. The van der Waals surface area contributed by atoms with Crippen molar-refractivity contribution >= 4 is 0 Å². The molecule has 2 atom stereocenters. The Morgan fingerprint density at radius 1 is 1.60 bits per heavy atom. The van der Waals surface area contributed by atoms with Crippen molar-refractivity contribution in [1.82, 2.24) is 0 Å². The number of nitrogens with zero attached hydrogens (tertiary/aromatic N) is 1. The summed E-state index contributed by atoms with van der Waals surface area (Å²) in [5, 5.41) is 8.41. The van der Waals surface area contributed by atoms with Crippen LogP contribution in [0.2, 0.25) is 0 Å². The summed E-state index contributed by atoms with van der Waals surface area (Å²) in [6.45, 7) is 0.339. The Bertz CT molecular complexity index is 121. The first kappa shape index (κ1) is 9.37. The van der Waals surface area contributed by atoms with Crippen LogP contribution >= 0.6 is 0 Å². The Labute approximate surface area is 60.5 Å². The fraction of sp³-hybridized carbons (Fsp3) is 0.833. The van der Waals surface area contributed by atoms with E-state index in [1.165, 1.54) is 14.2 Å². The molecule has 58 valence electrons. The fourth-order valence-corrected chi connectivity index (χ4v) is 0.603. The van der Waals surface area contributed by atoms with Gasteiger partial charge in [-0.1, -0.05) is 0 Å². The van der Waals surface area contributed by atoms with E-state index in [-0.39, 0.29) is 6.04 Å². The van der Waals surface area contributed by atoms with E-state index in [9.17, 15) is 0 Å². The first-order valence-electron chi connectivity index (χ1n) is 2.93. The van der Waals surface area contributed by atoms with Gasteiger partial charge in [-0.25, -0.2) is 0 Å². The maximum absolute atomic E-state index is 8.41. The summed E-state index contributed by atoms with van der Waals surface area (Å²) < 4.78 is 9.48. The molecule has 0 saturated heterocycles. The Kier molecular flexibility index (Phi) is 4.85. The Morgan fingerprint density at radius 3 is 2.50 bits per heavy atom. The number of nitrogens with two attached hydrogens (primary N) is 1.